The van der Waals surface area contributed by atoms with Crippen LogP contribution >= 0.6 is 23.2 Å². The Morgan fingerprint density at radius 2 is 1.62 bits per heavy atom. The van der Waals surface area contributed by atoms with Gasteiger partial charge in [0.2, 0.25) is 5.95 Å². The summed E-state index contributed by atoms with van der Waals surface area (Å²) < 4.78 is 0. The average molecular weight is 387 g/mol. The number of carbonyl (C=O) groups excluding carboxylic acids is 1. The summed E-state index contributed by atoms with van der Waals surface area (Å²) in [6.45, 7) is 2.02. The molecule has 0 aliphatic carbocycles. The van der Waals surface area contributed by atoms with E-state index >= 15 is 0 Å². The monoisotopic (exact) mass is 386 g/mol. The normalized spacial score (nSPS) is 11.7. The Kier molecular flexibility index (Phi) is 5.71. The molecule has 1 amide bonds. The fourth-order valence-electron chi connectivity index (χ4n) is 2.37. The van der Waals surface area contributed by atoms with Gasteiger partial charge in [-0.1, -0.05) is 53.5 Å². The molecule has 0 fully saturated rings. The summed E-state index contributed by atoms with van der Waals surface area (Å²) in [6, 6.07) is 14.8. The summed E-state index contributed by atoms with van der Waals surface area (Å²) in [5.74, 6) is 0.106. The zero-order valence-electron chi connectivity index (χ0n) is 13.9. The van der Waals surface area contributed by atoms with Crippen LogP contribution in [0.25, 0.3) is 0 Å². The molecule has 3 aromatic rings. The van der Waals surface area contributed by atoms with Gasteiger partial charge in [-0.05, 0) is 30.7 Å². The summed E-state index contributed by atoms with van der Waals surface area (Å²) in [5, 5.41) is 6.80. The number of hydrogen-bond donors (Lipinski definition) is 2. The van der Waals surface area contributed by atoms with E-state index in [0.717, 1.165) is 5.56 Å². The molecule has 0 radical (unpaired) electrons. The minimum absolute atomic E-state index is 0.0458. The van der Waals surface area contributed by atoms with Crippen molar-refractivity contribution in [2.24, 2.45) is 0 Å². The van der Waals surface area contributed by atoms with Crippen LogP contribution in [0.1, 0.15) is 28.9 Å². The second-order valence-corrected chi connectivity index (χ2v) is 6.56. The van der Waals surface area contributed by atoms with Gasteiger partial charge < -0.3 is 10.6 Å². The van der Waals surface area contributed by atoms with Crippen molar-refractivity contribution in [3.8, 4) is 0 Å². The lowest BCUT2D eigenvalue weighted by atomic mass is 10.1. The topological polar surface area (TPSA) is 66.9 Å². The van der Waals surface area contributed by atoms with Gasteiger partial charge in [0.05, 0.1) is 11.6 Å². The number of carbonyl (C=O) groups is 1. The SMILES string of the molecule is CC(Nc1ncc(C(=O)Nc2cc(Cl)cc(Cl)c2)cn1)c1ccccc1. The molecule has 0 bridgehead atoms. The number of halogens is 2. The molecule has 0 aliphatic rings. The Morgan fingerprint density at radius 3 is 2.23 bits per heavy atom. The molecular formula is C19H16Cl2N4O. The van der Waals surface area contributed by atoms with E-state index in [1.54, 1.807) is 18.2 Å². The van der Waals surface area contributed by atoms with E-state index in [9.17, 15) is 4.79 Å². The molecule has 1 unspecified atom stereocenters. The van der Waals surface area contributed by atoms with Gasteiger partial charge in [-0.3, -0.25) is 4.79 Å². The van der Waals surface area contributed by atoms with Crippen LogP contribution in [-0.4, -0.2) is 15.9 Å². The van der Waals surface area contributed by atoms with Crippen LogP contribution in [0.15, 0.2) is 60.9 Å². The van der Waals surface area contributed by atoms with Crippen molar-refractivity contribution in [3.05, 3.63) is 82.1 Å². The van der Waals surface area contributed by atoms with Gasteiger partial charge in [0.1, 0.15) is 0 Å². The van der Waals surface area contributed by atoms with Crippen molar-refractivity contribution in [1.82, 2.24) is 9.97 Å². The molecule has 0 aliphatic heterocycles. The highest BCUT2D eigenvalue weighted by molar-refractivity contribution is 6.35. The maximum atomic E-state index is 12.3. The van der Waals surface area contributed by atoms with E-state index in [1.807, 2.05) is 37.3 Å². The van der Waals surface area contributed by atoms with Crippen LogP contribution in [0.3, 0.4) is 0 Å². The van der Waals surface area contributed by atoms with Crippen LogP contribution in [-0.2, 0) is 0 Å². The minimum Gasteiger partial charge on any atom is -0.348 e. The largest absolute Gasteiger partial charge is 0.348 e. The van der Waals surface area contributed by atoms with Crippen LogP contribution in [0, 0.1) is 0 Å². The Morgan fingerprint density at radius 1 is 1.00 bits per heavy atom. The average Bonchev–Trinajstić information content (AvgIpc) is 2.62. The third kappa shape index (κ3) is 4.71. The number of aromatic nitrogens is 2. The predicted molar refractivity (Wildman–Crippen MR) is 105 cm³/mol. The predicted octanol–water partition coefficient (Wildman–Crippen LogP) is 5.21. The maximum absolute atomic E-state index is 12.3. The Bertz CT molecular complexity index is 881. The van der Waals surface area contributed by atoms with E-state index in [2.05, 4.69) is 20.6 Å². The molecule has 3 rings (SSSR count). The number of nitrogens with zero attached hydrogens (tertiary/aromatic N) is 2. The van der Waals surface area contributed by atoms with E-state index in [0.29, 0.717) is 27.2 Å². The molecule has 26 heavy (non-hydrogen) atoms. The van der Waals surface area contributed by atoms with Crippen molar-refractivity contribution in [2.75, 3.05) is 10.6 Å². The molecule has 2 aromatic carbocycles. The Hall–Kier alpha value is -2.63. The Balaban J connectivity index is 1.66. The third-order valence-electron chi connectivity index (χ3n) is 3.68. The lowest BCUT2D eigenvalue weighted by Crippen LogP contribution is -2.14. The third-order valence-corrected chi connectivity index (χ3v) is 4.12. The molecule has 1 aromatic heterocycles. The van der Waals surface area contributed by atoms with Crippen LogP contribution in [0.2, 0.25) is 10.0 Å². The van der Waals surface area contributed by atoms with Crippen molar-refractivity contribution in [3.63, 3.8) is 0 Å². The second-order valence-electron chi connectivity index (χ2n) is 5.68. The van der Waals surface area contributed by atoms with Crippen molar-refractivity contribution in [2.45, 2.75) is 13.0 Å². The molecule has 7 heteroatoms. The zero-order valence-corrected chi connectivity index (χ0v) is 15.4. The highest BCUT2D eigenvalue weighted by Gasteiger charge is 2.10. The van der Waals surface area contributed by atoms with Crippen LogP contribution in [0.5, 0.6) is 0 Å². The van der Waals surface area contributed by atoms with Crippen molar-refractivity contribution < 1.29 is 4.79 Å². The molecule has 1 heterocycles. The van der Waals surface area contributed by atoms with Crippen LogP contribution < -0.4 is 10.6 Å². The van der Waals surface area contributed by atoms with Gasteiger partial charge in [0, 0.05) is 28.1 Å². The Labute approximate surface area is 161 Å². The molecule has 5 nitrogen and oxygen atoms in total. The standard InChI is InChI=1S/C19H16Cl2N4O/c1-12(13-5-3-2-4-6-13)24-19-22-10-14(11-23-19)18(26)25-17-8-15(20)7-16(21)9-17/h2-12H,1H3,(H,25,26)(H,22,23,24). The summed E-state index contributed by atoms with van der Waals surface area (Å²) in [4.78, 5) is 20.7. The highest BCUT2D eigenvalue weighted by atomic mass is 35.5. The lowest BCUT2D eigenvalue weighted by Gasteiger charge is -2.14. The maximum Gasteiger partial charge on any atom is 0.258 e. The van der Waals surface area contributed by atoms with Gasteiger partial charge in [0.15, 0.2) is 0 Å². The van der Waals surface area contributed by atoms with Gasteiger partial charge >= 0.3 is 0 Å². The molecule has 2 N–H and O–H groups in total. The van der Waals surface area contributed by atoms with E-state index in [4.69, 9.17) is 23.2 Å². The van der Waals surface area contributed by atoms with E-state index < -0.39 is 0 Å². The first-order chi connectivity index (χ1) is 12.5. The first-order valence-electron chi connectivity index (χ1n) is 7.92. The summed E-state index contributed by atoms with van der Waals surface area (Å²) in [7, 11) is 0. The zero-order chi connectivity index (χ0) is 18.5. The van der Waals surface area contributed by atoms with Gasteiger partial charge in [-0.15, -0.1) is 0 Å². The minimum atomic E-state index is -0.342. The molecule has 0 saturated carbocycles. The summed E-state index contributed by atoms with van der Waals surface area (Å²) >= 11 is 11.9. The van der Waals surface area contributed by atoms with E-state index in [-0.39, 0.29) is 11.9 Å². The number of anilines is 2. The molecule has 132 valence electrons. The van der Waals surface area contributed by atoms with Gasteiger partial charge in [-0.25, -0.2) is 9.97 Å². The quantitative estimate of drug-likeness (QED) is 0.631. The van der Waals surface area contributed by atoms with Crippen molar-refractivity contribution >= 4 is 40.7 Å². The number of benzene rings is 2. The first kappa shape index (κ1) is 18.2. The first-order valence-corrected chi connectivity index (χ1v) is 8.68. The van der Waals surface area contributed by atoms with Gasteiger partial charge in [0.25, 0.3) is 5.91 Å². The fourth-order valence-corrected chi connectivity index (χ4v) is 2.89. The molecular weight excluding hydrogens is 371 g/mol. The van der Waals surface area contributed by atoms with Crippen molar-refractivity contribution in [1.29, 1.82) is 0 Å². The van der Waals surface area contributed by atoms with E-state index in [1.165, 1.54) is 12.4 Å². The fraction of sp³-hybridized carbons (Fsp3) is 0.105. The molecule has 1 atom stereocenters. The molecule has 0 saturated heterocycles. The smallest absolute Gasteiger partial charge is 0.258 e. The number of rotatable bonds is 5. The lowest BCUT2D eigenvalue weighted by molar-refractivity contribution is 0.102. The number of amides is 1. The number of nitrogens with one attached hydrogen (secondary N) is 2. The van der Waals surface area contributed by atoms with Gasteiger partial charge in [-0.2, -0.15) is 0 Å². The summed E-state index contributed by atoms with van der Waals surface area (Å²) in [5.41, 5.74) is 1.96. The second kappa shape index (κ2) is 8.17. The highest BCUT2D eigenvalue weighted by Crippen LogP contribution is 2.23. The van der Waals surface area contributed by atoms with Crippen LogP contribution in [0.4, 0.5) is 11.6 Å². The summed E-state index contributed by atoms with van der Waals surface area (Å²) in [6.07, 6.45) is 2.93. The molecule has 0 spiro atoms. The number of hydrogen-bond acceptors (Lipinski definition) is 4.